The van der Waals surface area contributed by atoms with Gasteiger partial charge in [-0.25, -0.2) is 18.6 Å². The topological polar surface area (TPSA) is 70.4 Å². The first-order valence-electron chi connectivity index (χ1n) is 10.1. The minimum atomic E-state index is -2.55. The van der Waals surface area contributed by atoms with Crippen LogP contribution in [0.25, 0.3) is 11.3 Å². The molecule has 3 unspecified atom stereocenters. The van der Waals surface area contributed by atoms with Crippen molar-refractivity contribution in [3.8, 4) is 11.3 Å². The number of carbonyl (C=O) groups excluding carboxylic acids is 1. The quantitative estimate of drug-likeness (QED) is 0.830. The third-order valence-corrected chi connectivity index (χ3v) is 7.06. The highest BCUT2D eigenvalue weighted by molar-refractivity contribution is 5.74. The van der Waals surface area contributed by atoms with E-state index < -0.39 is 25.1 Å². The number of halogens is 2. The number of likely N-dealkylation sites (tertiary alicyclic amines) is 1. The Bertz CT molecular complexity index is 923. The van der Waals surface area contributed by atoms with Crippen molar-refractivity contribution in [2.24, 2.45) is 11.3 Å². The molecule has 5 rings (SSSR count). The van der Waals surface area contributed by atoms with Gasteiger partial charge in [0.25, 0.3) is 6.43 Å². The van der Waals surface area contributed by atoms with Gasteiger partial charge in [0.2, 0.25) is 0 Å². The van der Waals surface area contributed by atoms with E-state index in [4.69, 9.17) is 0 Å². The number of piperidine rings is 1. The number of imidazole rings is 1. The normalized spacial score (nSPS) is 26.9. The first-order valence-corrected chi connectivity index (χ1v) is 10.1. The SMILES string of the molecule is O=C(NCC(F)F)N1CCC2(CC1)CC(C1c3ccccc3-c3cncn31)C2O. The van der Waals surface area contributed by atoms with Crippen molar-refractivity contribution in [3.63, 3.8) is 0 Å². The molecule has 2 aromatic rings. The van der Waals surface area contributed by atoms with E-state index in [9.17, 15) is 18.7 Å². The summed E-state index contributed by atoms with van der Waals surface area (Å²) in [4.78, 5) is 17.9. The number of amides is 2. The molecule has 2 N–H and O–H groups in total. The molecule has 8 heteroatoms. The van der Waals surface area contributed by atoms with Gasteiger partial charge in [-0.05, 0) is 24.8 Å². The van der Waals surface area contributed by atoms with Gasteiger partial charge in [-0.15, -0.1) is 0 Å². The van der Waals surface area contributed by atoms with Gasteiger partial charge in [0.05, 0.1) is 36.9 Å². The van der Waals surface area contributed by atoms with E-state index in [-0.39, 0.29) is 17.4 Å². The van der Waals surface area contributed by atoms with Gasteiger partial charge in [-0.2, -0.15) is 0 Å². The minimum Gasteiger partial charge on any atom is -0.392 e. The number of carbonyl (C=O) groups is 1. The zero-order valence-corrected chi connectivity index (χ0v) is 16.0. The third-order valence-electron chi connectivity index (χ3n) is 7.06. The van der Waals surface area contributed by atoms with Crippen molar-refractivity contribution in [2.45, 2.75) is 37.8 Å². The highest BCUT2D eigenvalue weighted by Gasteiger charge is 2.58. The average molecular weight is 402 g/mol. The van der Waals surface area contributed by atoms with Gasteiger partial charge in [0.1, 0.15) is 0 Å². The number of aliphatic hydroxyl groups is 1. The van der Waals surface area contributed by atoms with Crippen LogP contribution in [0.2, 0.25) is 0 Å². The summed E-state index contributed by atoms with van der Waals surface area (Å²) in [6.07, 6.45) is 2.98. The fraction of sp³-hybridized carbons (Fsp3) is 0.524. The van der Waals surface area contributed by atoms with E-state index in [0.29, 0.717) is 25.9 Å². The van der Waals surface area contributed by atoms with Crippen LogP contribution in [0.3, 0.4) is 0 Å². The molecule has 3 heterocycles. The number of aliphatic hydroxyl groups excluding tert-OH is 1. The zero-order chi connectivity index (χ0) is 20.2. The summed E-state index contributed by atoms with van der Waals surface area (Å²) >= 11 is 0. The Hall–Kier alpha value is -2.48. The summed E-state index contributed by atoms with van der Waals surface area (Å²) in [6, 6.07) is 7.91. The Morgan fingerprint density at radius 1 is 1.31 bits per heavy atom. The van der Waals surface area contributed by atoms with E-state index in [1.54, 1.807) is 4.90 Å². The fourth-order valence-electron chi connectivity index (χ4n) is 5.52. The van der Waals surface area contributed by atoms with Gasteiger partial charge in [-0.1, -0.05) is 24.3 Å². The molecule has 2 amide bonds. The fourth-order valence-corrected chi connectivity index (χ4v) is 5.52. The van der Waals surface area contributed by atoms with Crippen LogP contribution in [0.15, 0.2) is 36.8 Å². The molecule has 2 aliphatic heterocycles. The summed E-state index contributed by atoms with van der Waals surface area (Å²) in [6.45, 7) is 0.340. The van der Waals surface area contributed by atoms with Gasteiger partial charge in [0.15, 0.2) is 0 Å². The second-order valence-electron chi connectivity index (χ2n) is 8.46. The van der Waals surface area contributed by atoms with Gasteiger partial charge < -0.3 is 19.9 Å². The molecule has 1 saturated carbocycles. The van der Waals surface area contributed by atoms with Crippen LogP contribution in [-0.2, 0) is 0 Å². The molecule has 6 nitrogen and oxygen atoms in total. The lowest BCUT2D eigenvalue weighted by Crippen LogP contribution is -2.60. The van der Waals surface area contributed by atoms with Gasteiger partial charge >= 0.3 is 6.03 Å². The number of fused-ring (bicyclic) bond motifs is 3. The van der Waals surface area contributed by atoms with Crippen LogP contribution in [0.1, 0.15) is 30.9 Å². The maximum absolute atomic E-state index is 12.3. The number of nitrogens with zero attached hydrogens (tertiary/aromatic N) is 3. The molecular formula is C21H24F2N4O2. The second-order valence-corrected chi connectivity index (χ2v) is 8.46. The van der Waals surface area contributed by atoms with Crippen molar-refractivity contribution in [2.75, 3.05) is 19.6 Å². The largest absolute Gasteiger partial charge is 0.392 e. The maximum atomic E-state index is 12.3. The van der Waals surface area contributed by atoms with Crippen molar-refractivity contribution in [3.05, 3.63) is 42.4 Å². The number of rotatable bonds is 3. The lowest BCUT2D eigenvalue weighted by atomic mass is 9.53. The van der Waals surface area contributed by atoms with Crippen LogP contribution in [0, 0.1) is 11.3 Å². The molecule has 3 aliphatic rings. The first-order chi connectivity index (χ1) is 14.0. The predicted octanol–water partition coefficient (Wildman–Crippen LogP) is 2.89. The Morgan fingerprint density at radius 2 is 2.07 bits per heavy atom. The molecule has 1 saturated heterocycles. The molecule has 1 aromatic carbocycles. The van der Waals surface area contributed by atoms with Crippen LogP contribution in [0.5, 0.6) is 0 Å². The third kappa shape index (κ3) is 2.84. The molecule has 154 valence electrons. The highest BCUT2D eigenvalue weighted by Crippen LogP contribution is 2.59. The summed E-state index contributed by atoms with van der Waals surface area (Å²) in [5.74, 6) is 0.103. The highest BCUT2D eigenvalue weighted by atomic mass is 19.3. The van der Waals surface area contributed by atoms with E-state index in [1.807, 2.05) is 24.7 Å². The molecule has 0 bridgehead atoms. The first kappa shape index (κ1) is 18.5. The second kappa shape index (κ2) is 6.79. The number of hydrogen-bond donors (Lipinski definition) is 2. The number of aromatic nitrogens is 2. The number of nitrogens with one attached hydrogen (secondary N) is 1. The number of benzene rings is 1. The Labute approximate surface area is 167 Å². The van der Waals surface area contributed by atoms with E-state index in [0.717, 1.165) is 12.1 Å². The Kier molecular flexibility index (Phi) is 4.34. The summed E-state index contributed by atoms with van der Waals surface area (Å²) in [5.41, 5.74) is 3.30. The van der Waals surface area contributed by atoms with Gasteiger partial charge in [0, 0.05) is 30.0 Å². The molecule has 2 fully saturated rings. The van der Waals surface area contributed by atoms with Crippen LogP contribution >= 0.6 is 0 Å². The van der Waals surface area contributed by atoms with Crippen LogP contribution in [0.4, 0.5) is 13.6 Å². The van der Waals surface area contributed by atoms with Gasteiger partial charge in [-0.3, -0.25) is 0 Å². The predicted molar refractivity (Wildman–Crippen MR) is 103 cm³/mol. The van der Waals surface area contributed by atoms with Crippen LogP contribution < -0.4 is 5.32 Å². The van der Waals surface area contributed by atoms with E-state index in [2.05, 4.69) is 27.0 Å². The van der Waals surface area contributed by atoms with Crippen molar-refractivity contribution in [1.29, 1.82) is 0 Å². The lowest BCUT2D eigenvalue weighted by Gasteiger charge is -2.57. The molecule has 1 aliphatic carbocycles. The number of urea groups is 1. The van der Waals surface area contributed by atoms with E-state index >= 15 is 0 Å². The Morgan fingerprint density at radius 3 is 2.79 bits per heavy atom. The minimum absolute atomic E-state index is 0.0803. The van der Waals surface area contributed by atoms with Crippen molar-refractivity contribution < 1.29 is 18.7 Å². The van der Waals surface area contributed by atoms with Crippen molar-refractivity contribution in [1.82, 2.24) is 19.8 Å². The number of hydrogen-bond acceptors (Lipinski definition) is 3. The van der Waals surface area contributed by atoms with Crippen molar-refractivity contribution >= 4 is 6.03 Å². The lowest BCUT2D eigenvalue weighted by molar-refractivity contribution is -0.154. The summed E-state index contributed by atoms with van der Waals surface area (Å²) in [5, 5.41) is 13.4. The van der Waals surface area contributed by atoms with Crippen LogP contribution in [-0.4, -0.2) is 57.8 Å². The molecule has 1 aromatic heterocycles. The molecular weight excluding hydrogens is 378 g/mol. The monoisotopic (exact) mass is 402 g/mol. The summed E-state index contributed by atoms with van der Waals surface area (Å²) < 4.78 is 26.8. The zero-order valence-electron chi connectivity index (χ0n) is 16.0. The number of alkyl halides is 2. The smallest absolute Gasteiger partial charge is 0.317 e. The Balaban J connectivity index is 1.27. The molecule has 3 atom stereocenters. The maximum Gasteiger partial charge on any atom is 0.317 e. The molecule has 1 spiro atoms. The van der Waals surface area contributed by atoms with E-state index in [1.165, 1.54) is 11.1 Å². The average Bonchev–Trinajstić information content (AvgIpc) is 3.32. The molecule has 0 radical (unpaired) electrons. The summed E-state index contributed by atoms with van der Waals surface area (Å²) in [7, 11) is 0. The standard InChI is InChI=1S/C21H24F2N4O2/c22-17(23)11-25-20(29)26-7-5-21(6-8-26)9-15(19(21)28)18-14-4-2-1-3-13(14)16-10-24-12-27(16)18/h1-4,10,12,15,17-19,28H,5-9,11H2,(H,25,29). The molecule has 29 heavy (non-hydrogen) atoms.